The van der Waals surface area contributed by atoms with Gasteiger partial charge in [-0.3, -0.25) is 4.98 Å². The van der Waals surface area contributed by atoms with Gasteiger partial charge in [-0.1, -0.05) is 0 Å². The lowest BCUT2D eigenvalue weighted by atomic mass is 9.93. The summed E-state index contributed by atoms with van der Waals surface area (Å²) < 4.78 is 25.7. The highest BCUT2D eigenvalue weighted by atomic mass is 79.9. The van der Waals surface area contributed by atoms with Crippen molar-refractivity contribution >= 4 is 26.0 Å². The quantitative estimate of drug-likeness (QED) is 0.844. The fourth-order valence-electron chi connectivity index (χ4n) is 2.58. The van der Waals surface area contributed by atoms with Crippen molar-refractivity contribution in [3.8, 4) is 0 Å². The van der Waals surface area contributed by atoms with Gasteiger partial charge in [0.25, 0.3) is 0 Å². The maximum atomic E-state index is 11.6. The Morgan fingerprint density at radius 3 is 2.84 bits per heavy atom. The van der Waals surface area contributed by atoms with E-state index >= 15 is 0 Å². The van der Waals surface area contributed by atoms with E-state index in [1.54, 1.807) is 10.5 Å². The van der Waals surface area contributed by atoms with Gasteiger partial charge < -0.3 is 0 Å². The summed E-state index contributed by atoms with van der Waals surface area (Å²) in [6.45, 7) is 1.30. The summed E-state index contributed by atoms with van der Waals surface area (Å²) in [4.78, 5) is 4.17. The molecule has 0 saturated carbocycles. The largest absolute Gasteiger partial charge is 0.263 e. The molecule has 0 bridgehead atoms. The number of hydrogen-bond donors (Lipinski definition) is 0. The van der Waals surface area contributed by atoms with Gasteiger partial charge >= 0.3 is 0 Å². The fourth-order valence-corrected chi connectivity index (χ4v) is 3.89. The van der Waals surface area contributed by atoms with E-state index in [0.29, 0.717) is 19.0 Å². The molecule has 0 aromatic carbocycles. The summed E-state index contributed by atoms with van der Waals surface area (Å²) in [6, 6.07) is 2.09. The topological polar surface area (TPSA) is 50.3 Å². The monoisotopic (exact) mass is 346 g/mol. The summed E-state index contributed by atoms with van der Waals surface area (Å²) in [7, 11) is -3.04. The lowest BCUT2D eigenvalue weighted by Crippen LogP contribution is -2.30. The van der Waals surface area contributed by atoms with E-state index < -0.39 is 10.0 Å². The van der Waals surface area contributed by atoms with Crippen molar-refractivity contribution in [2.45, 2.75) is 25.7 Å². The lowest BCUT2D eigenvalue weighted by Gasteiger charge is -2.17. The Bertz CT molecular complexity index is 533. The van der Waals surface area contributed by atoms with Gasteiger partial charge in [-0.05, 0) is 59.2 Å². The Labute approximate surface area is 123 Å². The predicted octanol–water partition coefficient (Wildman–Crippen LogP) is 2.45. The zero-order valence-corrected chi connectivity index (χ0v) is 13.5. The van der Waals surface area contributed by atoms with Crippen LogP contribution < -0.4 is 0 Å². The van der Waals surface area contributed by atoms with Gasteiger partial charge in [0.2, 0.25) is 10.0 Å². The molecule has 1 atom stereocenters. The van der Waals surface area contributed by atoms with Gasteiger partial charge in [0.05, 0.1) is 6.26 Å². The zero-order chi connectivity index (χ0) is 13.9. The van der Waals surface area contributed by atoms with E-state index in [4.69, 9.17) is 0 Å². The lowest BCUT2D eigenvalue weighted by molar-refractivity contribution is 0.413. The van der Waals surface area contributed by atoms with Gasteiger partial charge in [0, 0.05) is 30.0 Å². The van der Waals surface area contributed by atoms with E-state index in [0.717, 1.165) is 30.2 Å². The number of sulfonamides is 1. The first-order valence-corrected chi connectivity index (χ1v) is 9.14. The first kappa shape index (κ1) is 14.9. The molecule has 1 aromatic heterocycles. The van der Waals surface area contributed by atoms with Crippen LogP contribution in [0.15, 0.2) is 22.9 Å². The van der Waals surface area contributed by atoms with E-state index in [9.17, 15) is 8.42 Å². The maximum absolute atomic E-state index is 11.6. The van der Waals surface area contributed by atoms with Crippen molar-refractivity contribution in [3.63, 3.8) is 0 Å². The number of aromatic nitrogens is 1. The van der Waals surface area contributed by atoms with E-state index in [-0.39, 0.29) is 0 Å². The first-order chi connectivity index (χ1) is 8.95. The maximum Gasteiger partial charge on any atom is 0.211 e. The fraction of sp³-hybridized carbons (Fsp3) is 0.615. The highest BCUT2D eigenvalue weighted by Crippen LogP contribution is 2.23. The molecule has 106 valence electrons. The number of nitrogens with zero attached hydrogens (tertiary/aromatic N) is 2. The summed E-state index contributed by atoms with van der Waals surface area (Å²) in [6.07, 6.45) is 8.90. The minimum atomic E-state index is -3.04. The zero-order valence-electron chi connectivity index (χ0n) is 11.0. The smallest absolute Gasteiger partial charge is 0.211 e. The van der Waals surface area contributed by atoms with Gasteiger partial charge in [-0.25, -0.2) is 12.7 Å². The molecule has 2 rings (SSSR count). The Morgan fingerprint density at radius 2 is 2.16 bits per heavy atom. The SMILES string of the molecule is CS(=O)(=O)N1CCC[C@H](Cc2cncc(Br)c2)CC1. The summed E-state index contributed by atoms with van der Waals surface area (Å²) >= 11 is 3.43. The van der Waals surface area contributed by atoms with Crippen LogP contribution in [-0.2, 0) is 16.4 Å². The molecule has 6 heteroatoms. The second-order valence-electron chi connectivity index (χ2n) is 5.17. The average Bonchev–Trinajstić information content (AvgIpc) is 2.54. The van der Waals surface area contributed by atoms with Gasteiger partial charge in [-0.2, -0.15) is 0 Å². The molecule has 1 saturated heterocycles. The number of pyridine rings is 1. The molecular weight excluding hydrogens is 328 g/mol. The van der Waals surface area contributed by atoms with Crippen LogP contribution in [0.25, 0.3) is 0 Å². The van der Waals surface area contributed by atoms with E-state index in [2.05, 4.69) is 27.0 Å². The van der Waals surface area contributed by atoms with Crippen LogP contribution in [0.1, 0.15) is 24.8 Å². The van der Waals surface area contributed by atoms with Crippen LogP contribution in [0, 0.1) is 5.92 Å². The van der Waals surface area contributed by atoms with Crippen LogP contribution >= 0.6 is 15.9 Å². The van der Waals surface area contributed by atoms with Crippen molar-refractivity contribution in [1.29, 1.82) is 0 Å². The molecule has 2 heterocycles. The molecule has 1 aliphatic rings. The third-order valence-electron chi connectivity index (χ3n) is 3.56. The minimum absolute atomic E-state index is 0.544. The molecule has 0 radical (unpaired) electrons. The highest BCUT2D eigenvalue weighted by Gasteiger charge is 2.22. The Morgan fingerprint density at radius 1 is 1.37 bits per heavy atom. The normalized spacial score (nSPS) is 22.1. The second kappa shape index (κ2) is 6.33. The number of rotatable bonds is 3. The molecule has 4 nitrogen and oxygen atoms in total. The molecule has 1 aromatic rings. The number of halogens is 1. The Balaban J connectivity index is 1.96. The van der Waals surface area contributed by atoms with E-state index in [1.165, 1.54) is 11.8 Å². The molecule has 19 heavy (non-hydrogen) atoms. The second-order valence-corrected chi connectivity index (χ2v) is 8.07. The highest BCUT2D eigenvalue weighted by molar-refractivity contribution is 9.10. The van der Waals surface area contributed by atoms with Crippen LogP contribution in [0.5, 0.6) is 0 Å². The van der Waals surface area contributed by atoms with E-state index in [1.807, 2.05) is 6.20 Å². The molecule has 0 unspecified atom stereocenters. The molecular formula is C13H19BrN2O2S. The van der Waals surface area contributed by atoms with Gasteiger partial charge in [-0.15, -0.1) is 0 Å². The van der Waals surface area contributed by atoms with Crippen LogP contribution in [0.4, 0.5) is 0 Å². The first-order valence-electron chi connectivity index (χ1n) is 6.49. The molecule has 0 N–H and O–H groups in total. The molecule has 0 spiro atoms. The summed E-state index contributed by atoms with van der Waals surface area (Å²) in [5.74, 6) is 0.544. The third-order valence-corrected chi connectivity index (χ3v) is 5.30. The Kier molecular flexibility index (Phi) is 4.97. The number of hydrogen-bond acceptors (Lipinski definition) is 3. The van der Waals surface area contributed by atoms with Crippen LogP contribution in [-0.4, -0.2) is 37.1 Å². The van der Waals surface area contributed by atoms with Gasteiger partial charge in [0.1, 0.15) is 0 Å². The molecule has 1 aliphatic heterocycles. The van der Waals surface area contributed by atoms with Crippen LogP contribution in [0.2, 0.25) is 0 Å². The Hall–Kier alpha value is -0.460. The standard InChI is InChI=1S/C13H19BrN2O2S/c1-19(17,18)16-5-2-3-11(4-6-16)7-12-8-13(14)10-15-9-12/h8-11H,2-7H2,1H3/t11-/m0/s1. The molecule has 0 aliphatic carbocycles. The average molecular weight is 347 g/mol. The van der Waals surface area contributed by atoms with Crippen molar-refractivity contribution in [3.05, 3.63) is 28.5 Å². The third kappa shape index (κ3) is 4.54. The summed E-state index contributed by atoms with van der Waals surface area (Å²) in [5.41, 5.74) is 1.21. The predicted molar refractivity (Wildman–Crippen MR) is 79.4 cm³/mol. The van der Waals surface area contributed by atoms with Gasteiger partial charge in [0.15, 0.2) is 0 Å². The van der Waals surface area contributed by atoms with Crippen LogP contribution in [0.3, 0.4) is 0 Å². The van der Waals surface area contributed by atoms with Crippen molar-refractivity contribution < 1.29 is 8.42 Å². The summed E-state index contributed by atoms with van der Waals surface area (Å²) in [5, 5.41) is 0. The molecule has 1 fully saturated rings. The van der Waals surface area contributed by atoms with Crippen molar-refractivity contribution in [2.24, 2.45) is 5.92 Å². The van der Waals surface area contributed by atoms with Crippen molar-refractivity contribution in [1.82, 2.24) is 9.29 Å². The minimum Gasteiger partial charge on any atom is -0.263 e. The molecule has 0 amide bonds. The van der Waals surface area contributed by atoms with Crippen molar-refractivity contribution in [2.75, 3.05) is 19.3 Å².